The van der Waals surface area contributed by atoms with E-state index in [4.69, 9.17) is 16.3 Å². The summed E-state index contributed by atoms with van der Waals surface area (Å²) in [5.41, 5.74) is 2.84. The lowest BCUT2D eigenvalue weighted by atomic mass is 10.1. The molecule has 0 bridgehead atoms. The highest BCUT2D eigenvalue weighted by atomic mass is 35.5. The number of halogens is 1. The topological polar surface area (TPSA) is 105 Å². The van der Waals surface area contributed by atoms with Gasteiger partial charge in [-0.05, 0) is 80.9 Å². The first-order valence-electron chi connectivity index (χ1n) is 11.5. The molecule has 2 N–H and O–H groups in total. The molecule has 188 valence electrons. The SMILES string of the molecule is Cc1cccc(NC(=O)c2ccc(NC3=C(Cl)C(=O)N(c4cccc(C(=O)OC(C)C)c4)C3=O)cc2)c1. The lowest BCUT2D eigenvalue weighted by Gasteiger charge is -2.16. The summed E-state index contributed by atoms with van der Waals surface area (Å²) in [6.07, 6.45) is -0.321. The van der Waals surface area contributed by atoms with Crippen LogP contribution in [-0.2, 0) is 14.3 Å². The largest absolute Gasteiger partial charge is 0.459 e. The average molecular weight is 518 g/mol. The van der Waals surface area contributed by atoms with Crippen LogP contribution in [0, 0.1) is 6.92 Å². The Bertz CT molecular complexity index is 1430. The molecular weight excluding hydrogens is 494 g/mol. The number of nitrogens with zero attached hydrogens (tertiary/aromatic N) is 1. The van der Waals surface area contributed by atoms with Crippen molar-refractivity contribution in [2.24, 2.45) is 0 Å². The smallest absolute Gasteiger partial charge is 0.338 e. The van der Waals surface area contributed by atoms with Gasteiger partial charge in [0, 0.05) is 16.9 Å². The number of hydrogen-bond donors (Lipinski definition) is 2. The number of hydrogen-bond acceptors (Lipinski definition) is 6. The summed E-state index contributed by atoms with van der Waals surface area (Å²) >= 11 is 6.22. The third kappa shape index (κ3) is 5.70. The highest BCUT2D eigenvalue weighted by Gasteiger charge is 2.39. The number of nitrogens with one attached hydrogen (secondary N) is 2. The van der Waals surface area contributed by atoms with Crippen LogP contribution in [0.25, 0.3) is 0 Å². The van der Waals surface area contributed by atoms with Gasteiger partial charge in [-0.15, -0.1) is 0 Å². The highest BCUT2D eigenvalue weighted by molar-refractivity contribution is 6.53. The van der Waals surface area contributed by atoms with E-state index < -0.39 is 17.8 Å². The van der Waals surface area contributed by atoms with E-state index in [1.807, 2.05) is 25.1 Å². The molecule has 0 radical (unpaired) electrons. The minimum absolute atomic E-state index is 0.112. The van der Waals surface area contributed by atoms with Crippen LogP contribution >= 0.6 is 11.6 Å². The van der Waals surface area contributed by atoms with E-state index in [1.165, 1.54) is 18.2 Å². The Kier molecular flexibility index (Phi) is 7.40. The monoisotopic (exact) mass is 517 g/mol. The number of aryl methyl sites for hydroxylation is 1. The van der Waals surface area contributed by atoms with Crippen molar-refractivity contribution in [1.29, 1.82) is 0 Å². The molecule has 0 fully saturated rings. The molecule has 1 aliphatic heterocycles. The van der Waals surface area contributed by atoms with Gasteiger partial charge in [0.25, 0.3) is 17.7 Å². The number of carbonyl (C=O) groups excluding carboxylic acids is 4. The van der Waals surface area contributed by atoms with E-state index in [-0.39, 0.29) is 34.0 Å². The Morgan fingerprint density at radius 2 is 1.57 bits per heavy atom. The Balaban J connectivity index is 1.48. The van der Waals surface area contributed by atoms with Gasteiger partial charge in [-0.25, -0.2) is 9.69 Å². The molecule has 0 aliphatic carbocycles. The lowest BCUT2D eigenvalue weighted by molar-refractivity contribution is -0.120. The Morgan fingerprint density at radius 1 is 0.865 bits per heavy atom. The molecule has 0 saturated carbocycles. The van der Waals surface area contributed by atoms with E-state index in [1.54, 1.807) is 50.2 Å². The van der Waals surface area contributed by atoms with Crippen molar-refractivity contribution in [2.45, 2.75) is 26.9 Å². The van der Waals surface area contributed by atoms with Gasteiger partial charge in [-0.3, -0.25) is 14.4 Å². The number of imide groups is 1. The maximum absolute atomic E-state index is 13.1. The molecule has 0 spiro atoms. The van der Waals surface area contributed by atoms with Gasteiger partial charge in [0.05, 0.1) is 17.4 Å². The van der Waals surface area contributed by atoms with Crippen LogP contribution in [0.2, 0.25) is 0 Å². The molecule has 0 saturated heterocycles. The molecule has 1 aliphatic rings. The summed E-state index contributed by atoms with van der Waals surface area (Å²) in [6.45, 7) is 5.38. The molecule has 0 atom stereocenters. The number of anilines is 3. The Labute approximate surface area is 218 Å². The van der Waals surface area contributed by atoms with Crippen molar-refractivity contribution < 1.29 is 23.9 Å². The van der Waals surface area contributed by atoms with Crippen LogP contribution < -0.4 is 15.5 Å². The molecule has 0 aromatic heterocycles. The zero-order valence-electron chi connectivity index (χ0n) is 20.4. The van der Waals surface area contributed by atoms with Gasteiger partial charge in [0.1, 0.15) is 10.7 Å². The second-order valence-electron chi connectivity index (χ2n) is 8.67. The van der Waals surface area contributed by atoms with Gasteiger partial charge in [0.15, 0.2) is 0 Å². The quantitative estimate of drug-likeness (QED) is 0.328. The van der Waals surface area contributed by atoms with Gasteiger partial charge in [-0.1, -0.05) is 29.8 Å². The van der Waals surface area contributed by atoms with Crippen molar-refractivity contribution in [3.05, 3.63) is 100 Å². The van der Waals surface area contributed by atoms with Crippen molar-refractivity contribution in [1.82, 2.24) is 0 Å². The molecule has 9 heteroatoms. The molecule has 3 aromatic rings. The van der Waals surface area contributed by atoms with Crippen molar-refractivity contribution in [2.75, 3.05) is 15.5 Å². The molecule has 0 unspecified atom stereocenters. The second kappa shape index (κ2) is 10.7. The van der Waals surface area contributed by atoms with Crippen molar-refractivity contribution >= 4 is 52.4 Å². The van der Waals surface area contributed by atoms with Crippen LogP contribution in [0.1, 0.15) is 40.1 Å². The predicted octanol–water partition coefficient (Wildman–Crippen LogP) is 5.25. The van der Waals surface area contributed by atoms with E-state index in [9.17, 15) is 19.2 Å². The lowest BCUT2D eigenvalue weighted by Crippen LogP contribution is -2.32. The summed E-state index contributed by atoms with van der Waals surface area (Å²) in [7, 11) is 0. The third-order valence-electron chi connectivity index (χ3n) is 5.40. The number of rotatable bonds is 7. The summed E-state index contributed by atoms with van der Waals surface area (Å²) in [5, 5.41) is 5.41. The molecule has 3 aromatic carbocycles. The summed E-state index contributed by atoms with van der Waals surface area (Å²) in [4.78, 5) is 51.7. The minimum atomic E-state index is -0.724. The van der Waals surface area contributed by atoms with Crippen LogP contribution in [0.3, 0.4) is 0 Å². The molecule has 1 heterocycles. The molecular formula is C28H24ClN3O5. The molecule has 8 nitrogen and oxygen atoms in total. The fraction of sp³-hybridized carbons (Fsp3) is 0.143. The number of ether oxygens (including phenoxy) is 1. The van der Waals surface area contributed by atoms with E-state index in [0.717, 1.165) is 10.5 Å². The Hall–Kier alpha value is -4.43. The van der Waals surface area contributed by atoms with E-state index in [2.05, 4.69) is 10.6 Å². The summed E-state index contributed by atoms with van der Waals surface area (Å²) in [6, 6.07) is 19.8. The minimum Gasteiger partial charge on any atom is -0.459 e. The zero-order valence-corrected chi connectivity index (χ0v) is 21.1. The van der Waals surface area contributed by atoms with Crippen molar-refractivity contribution in [3.63, 3.8) is 0 Å². The van der Waals surface area contributed by atoms with Gasteiger partial charge in [-0.2, -0.15) is 0 Å². The average Bonchev–Trinajstić information content (AvgIpc) is 3.07. The maximum atomic E-state index is 13.1. The van der Waals surface area contributed by atoms with Crippen LogP contribution in [0.4, 0.5) is 17.1 Å². The van der Waals surface area contributed by atoms with Gasteiger partial charge >= 0.3 is 5.97 Å². The number of amides is 3. The van der Waals surface area contributed by atoms with Crippen LogP contribution in [-0.4, -0.2) is 29.8 Å². The first-order chi connectivity index (χ1) is 17.6. The normalized spacial score (nSPS) is 13.3. The fourth-order valence-electron chi connectivity index (χ4n) is 3.68. The Morgan fingerprint density at radius 3 is 2.24 bits per heavy atom. The van der Waals surface area contributed by atoms with Crippen molar-refractivity contribution in [3.8, 4) is 0 Å². The number of esters is 1. The third-order valence-corrected chi connectivity index (χ3v) is 5.75. The van der Waals surface area contributed by atoms with E-state index in [0.29, 0.717) is 16.9 Å². The van der Waals surface area contributed by atoms with Gasteiger partial charge in [0.2, 0.25) is 0 Å². The first-order valence-corrected chi connectivity index (χ1v) is 11.9. The molecule has 37 heavy (non-hydrogen) atoms. The maximum Gasteiger partial charge on any atom is 0.338 e. The molecule has 4 rings (SSSR count). The number of carbonyl (C=O) groups is 4. The fourth-order valence-corrected chi connectivity index (χ4v) is 3.89. The standard InChI is InChI=1S/C28H24ClN3O5/c1-16(2)37-28(36)19-7-5-9-22(15-19)32-26(34)23(29)24(27(32)35)30-20-12-10-18(11-13-20)25(33)31-21-8-4-6-17(3)14-21/h4-16,30H,1-3H3,(H,31,33). The predicted molar refractivity (Wildman–Crippen MR) is 142 cm³/mol. The van der Waals surface area contributed by atoms with Crippen LogP contribution in [0.15, 0.2) is 83.5 Å². The van der Waals surface area contributed by atoms with E-state index >= 15 is 0 Å². The second-order valence-corrected chi connectivity index (χ2v) is 9.04. The number of benzene rings is 3. The summed E-state index contributed by atoms with van der Waals surface area (Å²) < 4.78 is 5.19. The van der Waals surface area contributed by atoms with Crippen LogP contribution in [0.5, 0.6) is 0 Å². The first kappa shape index (κ1) is 25.7. The highest BCUT2D eigenvalue weighted by Crippen LogP contribution is 2.31. The molecule has 3 amide bonds. The van der Waals surface area contributed by atoms with Gasteiger partial charge < -0.3 is 15.4 Å². The summed E-state index contributed by atoms with van der Waals surface area (Å²) in [5.74, 6) is -2.26. The zero-order chi connectivity index (χ0) is 26.7.